The van der Waals surface area contributed by atoms with Crippen molar-refractivity contribution in [2.24, 2.45) is 0 Å². The van der Waals surface area contributed by atoms with E-state index in [1.54, 1.807) is 0 Å². The smallest absolute Gasteiger partial charge is 0.231 e. The number of carbonyl (C=O) groups excluding carboxylic acids is 1. The van der Waals surface area contributed by atoms with Crippen LogP contribution in [0.2, 0.25) is 0 Å². The van der Waals surface area contributed by atoms with Crippen molar-refractivity contribution in [3.8, 4) is 11.5 Å². The third-order valence-electron chi connectivity index (χ3n) is 5.71. The second-order valence-electron chi connectivity index (χ2n) is 7.17. The Morgan fingerprint density at radius 1 is 1.12 bits per heavy atom. The van der Waals surface area contributed by atoms with E-state index in [1.165, 1.54) is 19.4 Å². The van der Waals surface area contributed by atoms with Gasteiger partial charge in [-0.25, -0.2) is 0 Å². The molecule has 2 fully saturated rings. The molecule has 5 heteroatoms. The van der Waals surface area contributed by atoms with Crippen LogP contribution in [0.3, 0.4) is 0 Å². The van der Waals surface area contributed by atoms with Gasteiger partial charge in [0.15, 0.2) is 11.5 Å². The lowest BCUT2D eigenvalue weighted by Gasteiger charge is -2.33. The summed E-state index contributed by atoms with van der Waals surface area (Å²) in [6.07, 6.45) is 6.13. The molecule has 4 rings (SSSR count). The number of fused-ring (bicyclic) bond motifs is 1. The van der Waals surface area contributed by atoms with Gasteiger partial charge in [0.05, 0.1) is 0 Å². The molecule has 3 aliphatic heterocycles. The fraction of sp³-hybridized carbons (Fsp3) is 0.632. The Morgan fingerprint density at radius 3 is 2.75 bits per heavy atom. The Kier molecular flexibility index (Phi) is 4.35. The van der Waals surface area contributed by atoms with E-state index in [1.807, 2.05) is 18.2 Å². The van der Waals surface area contributed by atoms with Gasteiger partial charge in [-0.05, 0) is 63.4 Å². The predicted molar refractivity (Wildman–Crippen MR) is 91.3 cm³/mol. The molecule has 0 radical (unpaired) electrons. The Morgan fingerprint density at radius 2 is 1.92 bits per heavy atom. The molecule has 0 N–H and O–H groups in total. The van der Waals surface area contributed by atoms with E-state index in [0.717, 1.165) is 42.9 Å². The van der Waals surface area contributed by atoms with Crippen molar-refractivity contribution in [2.45, 2.75) is 50.6 Å². The molecular formula is C19H26N2O3. The molecule has 1 amide bonds. The maximum atomic E-state index is 12.8. The molecular weight excluding hydrogens is 304 g/mol. The minimum absolute atomic E-state index is 0.294. The van der Waals surface area contributed by atoms with Crippen LogP contribution in [0, 0.1) is 0 Å². The Labute approximate surface area is 143 Å². The quantitative estimate of drug-likeness (QED) is 0.850. The highest BCUT2D eigenvalue weighted by Gasteiger charge is 2.38. The molecule has 3 heterocycles. The second-order valence-corrected chi connectivity index (χ2v) is 7.17. The summed E-state index contributed by atoms with van der Waals surface area (Å²) in [5.74, 6) is 1.90. The van der Waals surface area contributed by atoms with Crippen molar-refractivity contribution >= 4 is 5.91 Å². The second kappa shape index (κ2) is 6.63. The molecule has 5 nitrogen and oxygen atoms in total. The van der Waals surface area contributed by atoms with Gasteiger partial charge in [0.2, 0.25) is 12.7 Å². The summed E-state index contributed by atoms with van der Waals surface area (Å²) in [5.41, 5.74) is 1.14. The number of nitrogens with zero attached hydrogens (tertiary/aromatic N) is 2. The molecule has 2 saturated heterocycles. The number of hydrogen-bond donors (Lipinski definition) is 0. The summed E-state index contributed by atoms with van der Waals surface area (Å²) in [6, 6.07) is 6.95. The third-order valence-corrected chi connectivity index (χ3v) is 5.71. The van der Waals surface area contributed by atoms with Crippen molar-refractivity contribution in [1.29, 1.82) is 0 Å². The van der Waals surface area contributed by atoms with Gasteiger partial charge in [0, 0.05) is 25.0 Å². The summed E-state index contributed by atoms with van der Waals surface area (Å²) in [7, 11) is 2.20. The first-order valence-electron chi connectivity index (χ1n) is 9.10. The number of ether oxygens (including phenoxy) is 2. The zero-order valence-electron chi connectivity index (χ0n) is 14.4. The SMILES string of the molecule is CN1CCC[C@H]1[C@@H]1CCCN1C(=O)CCc1ccc2c(c1)OCO2. The van der Waals surface area contributed by atoms with E-state index >= 15 is 0 Å². The van der Waals surface area contributed by atoms with Gasteiger partial charge < -0.3 is 19.3 Å². The van der Waals surface area contributed by atoms with Gasteiger partial charge in [0.1, 0.15) is 0 Å². The summed E-state index contributed by atoms with van der Waals surface area (Å²) < 4.78 is 10.8. The van der Waals surface area contributed by atoms with E-state index in [0.29, 0.717) is 31.2 Å². The maximum absolute atomic E-state index is 12.8. The molecule has 0 spiro atoms. The monoisotopic (exact) mass is 330 g/mol. The van der Waals surface area contributed by atoms with Gasteiger partial charge in [-0.1, -0.05) is 6.07 Å². The fourth-order valence-electron chi connectivity index (χ4n) is 4.42. The maximum Gasteiger partial charge on any atom is 0.231 e. The molecule has 1 aromatic rings. The van der Waals surface area contributed by atoms with E-state index in [9.17, 15) is 4.79 Å². The molecule has 2 atom stereocenters. The summed E-state index contributed by atoms with van der Waals surface area (Å²) in [6.45, 7) is 2.39. The zero-order valence-corrected chi connectivity index (χ0v) is 14.4. The molecule has 3 aliphatic rings. The van der Waals surface area contributed by atoms with Gasteiger partial charge in [-0.2, -0.15) is 0 Å². The van der Waals surface area contributed by atoms with E-state index in [2.05, 4.69) is 16.8 Å². The first-order valence-corrected chi connectivity index (χ1v) is 9.10. The van der Waals surface area contributed by atoms with Crippen molar-refractivity contribution < 1.29 is 14.3 Å². The fourth-order valence-corrected chi connectivity index (χ4v) is 4.42. The minimum Gasteiger partial charge on any atom is -0.454 e. The number of hydrogen-bond acceptors (Lipinski definition) is 4. The molecule has 130 valence electrons. The number of likely N-dealkylation sites (N-methyl/N-ethyl adjacent to an activating group) is 1. The lowest BCUT2D eigenvalue weighted by Crippen LogP contribution is -2.47. The molecule has 0 bridgehead atoms. The zero-order chi connectivity index (χ0) is 16.5. The molecule has 0 aromatic heterocycles. The Hall–Kier alpha value is -1.75. The van der Waals surface area contributed by atoms with Crippen LogP contribution >= 0.6 is 0 Å². The van der Waals surface area contributed by atoms with Gasteiger partial charge in [0.25, 0.3) is 0 Å². The number of carbonyl (C=O) groups is 1. The number of amides is 1. The van der Waals surface area contributed by atoms with E-state index < -0.39 is 0 Å². The van der Waals surface area contributed by atoms with Crippen molar-refractivity contribution in [1.82, 2.24) is 9.80 Å². The van der Waals surface area contributed by atoms with Crippen LogP contribution in [0.1, 0.15) is 37.7 Å². The summed E-state index contributed by atoms with van der Waals surface area (Å²) >= 11 is 0. The molecule has 1 aromatic carbocycles. The standard InChI is InChI=1S/C19H26N2O3/c1-20-10-2-4-15(20)16-5-3-11-21(16)19(22)9-7-14-6-8-17-18(12-14)24-13-23-17/h6,8,12,15-16H,2-5,7,9-11,13H2,1H3/t15-,16-/m0/s1. The number of likely N-dealkylation sites (tertiary alicyclic amines) is 2. The number of benzene rings is 1. The van der Waals surface area contributed by atoms with E-state index in [4.69, 9.17) is 9.47 Å². The lowest BCUT2D eigenvalue weighted by atomic mass is 10.0. The van der Waals surface area contributed by atoms with Gasteiger partial charge in [-0.15, -0.1) is 0 Å². The van der Waals surface area contributed by atoms with Gasteiger partial charge >= 0.3 is 0 Å². The van der Waals surface area contributed by atoms with Crippen LogP contribution in [-0.4, -0.2) is 54.7 Å². The molecule has 24 heavy (non-hydrogen) atoms. The highest BCUT2D eigenvalue weighted by Crippen LogP contribution is 2.33. The molecule has 0 aliphatic carbocycles. The van der Waals surface area contributed by atoms with Crippen LogP contribution in [0.4, 0.5) is 0 Å². The van der Waals surface area contributed by atoms with Crippen LogP contribution in [0.25, 0.3) is 0 Å². The molecule has 0 saturated carbocycles. The number of aryl methyl sites for hydroxylation is 1. The van der Waals surface area contributed by atoms with Crippen molar-refractivity contribution in [3.05, 3.63) is 23.8 Å². The Balaban J connectivity index is 1.37. The highest BCUT2D eigenvalue weighted by molar-refractivity contribution is 5.77. The minimum atomic E-state index is 0.294. The third kappa shape index (κ3) is 2.97. The molecule has 0 unspecified atom stereocenters. The van der Waals surface area contributed by atoms with E-state index in [-0.39, 0.29) is 0 Å². The number of rotatable bonds is 4. The first-order chi connectivity index (χ1) is 11.7. The van der Waals surface area contributed by atoms with Crippen LogP contribution in [-0.2, 0) is 11.2 Å². The topological polar surface area (TPSA) is 42.0 Å². The first kappa shape index (κ1) is 15.8. The summed E-state index contributed by atoms with van der Waals surface area (Å²) in [5, 5.41) is 0. The van der Waals surface area contributed by atoms with Crippen molar-refractivity contribution in [2.75, 3.05) is 26.9 Å². The van der Waals surface area contributed by atoms with Crippen molar-refractivity contribution in [3.63, 3.8) is 0 Å². The predicted octanol–water partition coefficient (Wildman–Crippen LogP) is 2.43. The van der Waals surface area contributed by atoms with Crippen LogP contribution < -0.4 is 9.47 Å². The average Bonchev–Trinajstić information content (AvgIpc) is 3.31. The largest absolute Gasteiger partial charge is 0.454 e. The van der Waals surface area contributed by atoms with Crippen LogP contribution in [0.5, 0.6) is 11.5 Å². The Bertz CT molecular complexity index is 619. The van der Waals surface area contributed by atoms with Crippen LogP contribution in [0.15, 0.2) is 18.2 Å². The van der Waals surface area contributed by atoms with Gasteiger partial charge in [-0.3, -0.25) is 4.79 Å². The lowest BCUT2D eigenvalue weighted by molar-refractivity contribution is -0.132. The normalized spacial score (nSPS) is 26.3. The average molecular weight is 330 g/mol. The summed E-state index contributed by atoms with van der Waals surface area (Å²) in [4.78, 5) is 17.4. The highest BCUT2D eigenvalue weighted by atomic mass is 16.7.